The summed E-state index contributed by atoms with van der Waals surface area (Å²) in [5, 5.41) is 11.8. The van der Waals surface area contributed by atoms with Gasteiger partial charge >= 0.3 is 11.9 Å². The molecule has 3 atom stereocenters. The standard InChI is InChI=1S/C20H28O5Si/c1-6-18(26(4,5)16-11-8-7-9-12-16)19(20(23)24-3)17(22)13-10-14-25-15(2)21/h6-13,17-19,22H,1,14H2,2-5H3/b13-10+/t17-,18+,19+/m0/s1. The van der Waals surface area contributed by atoms with Crippen molar-refractivity contribution >= 4 is 25.2 Å². The fourth-order valence-electron chi connectivity index (χ4n) is 3.06. The number of benzene rings is 1. The summed E-state index contributed by atoms with van der Waals surface area (Å²) in [5.41, 5.74) is -0.245. The third-order valence-electron chi connectivity index (χ3n) is 4.55. The third kappa shape index (κ3) is 5.67. The van der Waals surface area contributed by atoms with E-state index in [0.717, 1.165) is 5.19 Å². The first-order chi connectivity index (χ1) is 12.3. The lowest BCUT2D eigenvalue weighted by molar-refractivity contribution is -0.148. The highest BCUT2D eigenvalue weighted by molar-refractivity contribution is 6.91. The van der Waals surface area contributed by atoms with Crippen molar-refractivity contribution in [3.63, 3.8) is 0 Å². The van der Waals surface area contributed by atoms with Gasteiger partial charge in [0.1, 0.15) is 6.61 Å². The molecule has 0 spiro atoms. The molecule has 0 radical (unpaired) electrons. The van der Waals surface area contributed by atoms with Crippen LogP contribution in [-0.4, -0.2) is 44.9 Å². The molecule has 0 aliphatic heterocycles. The van der Waals surface area contributed by atoms with Crippen LogP contribution >= 0.6 is 0 Å². The quantitative estimate of drug-likeness (QED) is 0.407. The van der Waals surface area contributed by atoms with Crippen LogP contribution in [-0.2, 0) is 19.1 Å². The maximum Gasteiger partial charge on any atom is 0.311 e. The van der Waals surface area contributed by atoms with E-state index in [4.69, 9.17) is 9.47 Å². The molecule has 0 saturated heterocycles. The summed E-state index contributed by atoms with van der Waals surface area (Å²) in [5.74, 6) is -1.68. The van der Waals surface area contributed by atoms with Crippen molar-refractivity contribution in [3.05, 3.63) is 55.1 Å². The number of hydrogen-bond acceptors (Lipinski definition) is 5. The Kier molecular flexibility index (Phi) is 8.48. The second-order valence-corrected chi connectivity index (χ2v) is 11.3. The highest BCUT2D eigenvalue weighted by Gasteiger charge is 2.43. The molecule has 0 unspecified atom stereocenters. The molecule has 1 aromatic carbocycles. The second kappa shape index (κ2) is 10.1. The molecule has 0 amide bonds. The Morgan fingerprint density at radius 1 is 1.27 bits per heavy atom. The van der Waals surface area contributed by atoms with Crippen molar-refractivity contribution in [2.75, 3.05) is 13.7 Å². The molecule has 142 valence electrons. The minimum absolute atomic E-state index is 0.0402. The van der Waals surface area contributed by atoms with Gasteiger partial charge in [0.05, 0.1) is 27.2 Å². The first-order valence-corrected chi connectivity index (χ1v) is 11.6. The van der Waals surface area contributed by atoms with Crippen molar-refractivity contribution in [3.8, 4) is 0 Å². The van der Waals surface area contributed by atoms with Gasteiger partial charge in [-0.1, -0.05) is 60.8 Å². The summed E-state index contributed by atoms with van der Waals surface area (Å²) < 4.78 is 9.77. The van der Waals surface area contributed by atoms with Crippen LogP contribution in [0.2, 0.25) is 18.6 Å². The van der Waals surface area contributed by atoms with Gasteiger partial charge < -0.3 is 14.6 Å². The van der Waals surface area contributed by atoms with Crippen molar-refractivity contribution in [2.45, 2.75) is 31.7 Å². The van der Waals surface area contributed by atoms with E-state index in [1.807, 2.05) is 30.3 Å². The summed E-state index contributed by atoms with van der Waals surface area (Å²) in [4.78, 5) is 23.3. The van der Waals surface area contributed by atoms with Gasteiger partial charge in [-0.2, -0.15) is 0 Å². The summed E-state index contributed by atoms with van der Waals surface area (Å²) in [6.07, 6.45) is 3.66. The van der Waals surface area contributed by atoms with E-state index >= 15 is 0 Å². The molecule has 1 N–H and O–H groups in total. The van der Waals surface area contributed by atoms with E-state index < -0.39 is 32.0 Å². The summed E-state index contributed by atoms with van der Waals surface area (Å²) in [6.45, 7) is 9.54. The molecule has 0 aliphatic rings. The second-order valence-electron chi connectivity index (χ2n) is 6.62. The predicted molar refractivity (Wildman–Crippen MR) is 105 cm³/mol. The van der Waals surface area contributed by atoms with Gasteiger partial charge in [0.15, 0.2) is 0 Å². The Balaban J connectivity index is 3.13. The van der Waals surface area contributed by atoms with Crippen LogP contribution in [0.1, 0.15) is 6.92 Å². The normalized spacial score (nSPS) is 15.1. The Labute approximate surface area is 156 Å². The van der Waals surface area contributed by atoms with Crippen LogP contribution in [0, 0.1) is 5.92 Å². The third-order valence-corrected chi connectivity index (χ3v) is 8.63. The minimum atomic E-state index is -2.18. The number of allylic oxidation sites excluding steroid dienone is 1. The number of carbonyl (C=O) groups excluding carboxylic acids is 2. The van der Waals surface area contributed by atoms with E-state index in [0.29, 0.717) is 0 Å². The van der Waals surface area contributed by atoms with E-state index in [1.54, 1.807) is 6.08 Å². The smallest absolute Gasteiger partial charge is 0.311 e. The van der Waals surface area contributed by atoms with Gasteiger partial charge in [-0.15, -0.1) is 6.58 Å². The number of rotatable bonds is 9. The van der Waals surface area contributed by atoms with Crippen LogP contribution in [0.3, 0.4) is 0 Å². The highest BCUT2D eigenvalue weighted by Crippen LogP contribution is 2.34. The molecule has 0 fully saturated rings. The molecule has 26 heavy (non-hydrogen) atoms. The summed E-state index contributed by atoms with van der Waals surface area (Å²) in [6, 6.07) is 9.96. The molecule has 0 aromatic heterocycles. The number of methoxy groups -OCH3 is 1. The van der Waals surface area contributed by atoms with Gasteiger partial charge in [0, 0.05) is 6.92 Å². The fraction of sp³-hybridized carbons (Fsp3) is 0.400. The molecule has 6 heteroatoms. The number of hydrogen-bond donors (Lipinski definition) is 1. The van der Waals surface area contributed by atoms with E-state index in [9.17, 15) is 14.7 Å². The molecular weight excluding hydrogens is 348 g/mol. The van der Waals surface area contributed by atoms with Gasteiger partial charge in [-0.3, -0.25) is 9.59 Å². The first-order valence-electron chi connectivity index (χ1n) is 8.49. The van der Waals surface area contributed by atoms with Crippen molar-refractivity contribution in [2.24, 2.45) is 5.92 Å². The molecule has 5 nitrogen and oxygen atoms in total. The largest absolute Gasteiger partial charge is 0.469 e. The molecule has 0 bridgehead atoms. The number of aliphatic hydroxyl groups is 1. The van der Waals surface area contributed by atoms with E-state index in [-0.39, 0.29) is 12.1 Å². The Morgan fingerprint density at radius 2 is 1.88 bits per heavy atom. The van der Waals surface area contributed by atoms with Gasteiger partial charge in [0.25, 0.3) is 0 Å². The molecule has 0 heterocycles. The van der Waals surface area contributed by atoms with Crippen molar-refractivity contribution in [1.29, 1.82) is 0 Å². The monoisotopic (exact) mass is 376 g/mol. The van der Waals surface area contributed by atoms with E-state index in [2.05, 4.69) is 19.7 Å². The van der Waals surface area contributed by atoms with Crippen LogP contribution in [0.4, 0.5) is 0 Å². The zero-order valence-electron chi connectivity index (χ0n) is 15.8. The molecule has 0 aliphatic carbocycles. The number of carbonyl (C=O) groups is 2. The highest BCUT2D eigenvalue weighted by atomic mass is 28.3. The Bertz CT molecular complexity index is 639. The van der Waals surface area contributed by atoms with E-state index in [1.165, 1.54) is 26.2 Å². The lowest BCUT2D eigenvalue weighted by Gasteiger charge is -2.36. The lowest BCUT2D eigenvalue weighted by atomic mass is 9.97. The van der Waals surface area contributed by atoms with Crippen LogP contribution < -0.4 is 5.19 Å². The predicted octanol–water partition coefficient (Wildman–Crippen LogP) is 2.43. The average molecular weight is 377 g/mol. The van der Waals surface area contributed by atoms with Crippen LogP contribution in [0.25, 0.3) is 0 Å². The SMILES string of the molecule is C=C[C@H]([C@H](C(=O)OC)[C@@H](O)/C=C/COC(C)=O)[Si](C)(C)c1ccccc1. The first kappa shape index (κ1) is 21.9. The Hall–Kier alpha value is -2.18. The zero-order valence-corrected chi connectivity index (χ0v) is 16.8. The van der Waals surface area contributed by atoms with Crippen molar-refractivity contribution in [1.82, 2.24) is 0 Å². The average Bonchev–Trinajstić information content (AvgIpc) is 2.62. The number of aliphatic hydroxyl groups excluding tert-OH is 1. The van der Waals surface area contributed by atoms with Gasteiger partial charge in [-0.25, -0.2) is 0 Å². The maximum atomic E-state index is 12.4. The molecular formula is C20H28O5Si. The Morgan fingerprint density at radius 3 is 2.38 bits per heavy atom. The lowest BCUT2D eigenvalue weighted by Crippen LogP contribution is -2.51. The van der Waals surface area contributed by atoms with Gasteiger partial charge in [-0.05, 0) is 11.6 Å². The molecule has 1 aromatic rings. The van der Waals surface area contributed by atoms with Crippen LogP contribution in [0.15, 0.2) is 55.1 Å². The van der Waals surface area contributed by atoms with Crippen LogP contribution in [0.5, 0.6) is 0 Å². The number of esters is 2. The topological polar surface area (TPSA) is 72.8 Å². The summed E-state index contributed by atoms with van der Waals surface area (Å²) >= 11 is 0. The van der Waals surface area contributed by atoms with Gasteiger partial charge in [0.2, 0.25) is 0 Å². The zero-order chi connectivity index (χ0) is 19.7. The molecule has 1 rings (SSSR count). The number of ether oxygens (including phenoxy) is 2. The summed E-state index contributed by atoms with van der Waals surface area (Å²) in [7, 11) is -0.870. The fourth-order valence-corrected chi connectivity index (χ4v) is 6.32. The minimum Gasteiger partial charge on any atom is -0.469 e. The van der Waals surface area contributed by atoms with Crippen molar-refractivity contribution < 1.29 is 24.2 Å². The maximum absolute atomic E-state index is 12.4. The molecule has 0 saturated carbocycles.